The zero-order valence-corrected chi connectivity index (χ0v) is 12.7. The number of methoxy groups -OCH3 is 1. The lowest BCUT2D eigenvalue weighted by atomic mass is 9.90. The number of piperidine rings is 1. The molecule has 1 aliphatic heterocycles. The molecule has 1 fully saturated rings. The van der Waals surface area contributed by atoms with Gasteiger partial charge in [-0.15, -0.1) is 0 Å². The van der Waals surface area contributed by atoms with Crippen LogP contribution >= 0.6 is 0 Å². The summed E-state index contributed by atoms with van der Waals surface area (Å²) in [5.74, 6) is 1.46. The zero-order valence-electron chi connectivity index (χ0n) is 12.7. The van der Waals surface area contributed by atoms with Gasteiger partial charge >= 0.3 is 0 Å². The summed E-state index contributed by atoms with van der Waals surface area (Å²) in [5.41, 5.74) is 0. The Bertz CT molecular complexity index is 203. The highest BCUT2D eigenvalue weighted by atomic mass is 16.5. The van der Waals surface area contributed by atoms with Gasteiger partial charge in [0.1, 0.15) is 0 Å². The molecule has 0 aromatic heterocycles. The van der Waals surface area contributed by atoms with E-state index in [1.54, 1.807) is 7.11 Å². The first-order valence-electron chi connectivity index (χ1n) is 7.62. The summed E-state index contributed by atoms with van der Waals surface area (Å²) in [4.78, 5) is 2.61. The molecule has 0 spiro atoms. The van der Waals surface area contributed by atoms with Crippen molar-refractivity contribution >= 4 is 0 Å². The van der Waals surface area contributed by atoms with Gasteiger partial charge in [0.25, 0.3) is 0 Å². The lowest BCUT2D eigenvalue weighted by molar-refractivity contribution is 0.143. The van der Waals surface area contributed by atoms with E-state index in [1.807, 2.05) is 0 Å². The summed E-state index contributed by atoms with van der Waals surface area (Å²) in [6.07, 6.45) is 3.99. The average Bonchev–Trinajstić information content (AvgIpc) is 2.37. The molecule has 2 atom stereocenters. The molecule has 2 unspecified atom stereocenters. The van der Waals surface area contributed by atoms with Crippen molar-refractivity contribution in [3.8, 4) is 0 Å². The van der Waals surface area contributed by atoms with Gasteiger partial charge in [-0.05, 0) is 57.7 Å². The van der Waals surface area contributed by atoms with Crippen molar-refractivity contribution < 1.29 is 4.74 Å². The minimum atomic E-state index is 0.609. The van der Waals surface area contributed by atoms with Gasteiger partial charge in [-0.1, -0.05) is 13.8 Å². The van der Waals surface area contributed by atoms with Crippen LogP contribution in [-0.2, 0) is 4.74 Å². The first-order chi connectivity index (χ1) is 8.67. The van der Waals surface area contributed by atoms with Crippen LogP contribution in [0.5, 0.6) is 0 Å². The van der Waals surface area contributed by atoms with Gasteiger partial charge in [0.2, 0.25) is 0 Å². The summed E-state index contributed by atoms with van der Waals surface area (Å²) in [7, 11) is 1.78. The Morgan fingerprint density at radius 1 is 1.28 bits per heavy atom. The van der Waals surface area contributed by atoms with Gasteiger partial charge < -0.3 is 15.0 Å². The second-order valence-corrected chi connectivity index (χ2v) is 5.94. The summed E-state index contributed by atoms with van der Waals surface area (Å²) in [6.45, 7) is 12.6. The third-order valence-corrected chi connectivity index (χ3v) is 4.12. The van der Waals surface area contributed by atoms with E-state index >= 15 is 0 Å². The minimum Gasteiger partial charge on any atom is -0.384 e. The van der Waals surface area contributed by atoms with Crippen molar-refractivity contribution in [2.75, 3.05) is 39.9 Å². The Morgan fingerprint density at radius 2 is 1.94 bits per heavy atom. The SMILES string of the molecule is CCCN1CCC(C(C)NCC(C)COC)CC1. The van der Waals surface area contributed by atoms with E-state index in [-0.39, 0.29) is 0 Å². The maximum absolute atomic E-state index is 5.18. The molecule has 18 heavy (non-hydrogen) atoms. The number of rotatable bonds is 8. The van der Waals surface area contributed by atoms with E-state index in [9.17, 15) is 0 Å². The summed E-state index contributed by atoms with van der Waals surface area (Å²) in [6, 6.07) is 0.646. The molecular formula is C15H32N2O. The van der Waals surface area contributed by atoms with Crippen molar-refractivity contribution in [2.45, 2.75) is 46.1 Å². The van der Waals surface area contributed by atoms with E-state index in [4.69, 9.17) is 4.74 Å². The Morgan fingerprint density at radius 3 is 2.50 bits per heavy atom. The topological polar surface area (TPSA) is 24.5 Å². The minimum absolute atomic E-state index is 0.609. The normalized spacial score (nSPS) is 22.0. The monoisotopic (exact) mass is 256 g/mol. The number of nitrogens with zero attached hydrogens (tertiary/aromatic N) is 1. The highest BCUT2D eigenvalue weighted by molar-refractivity contribution is 4.79. The van der Waals surface area contributed by atoms with Crippen LogP contribution in [0.3, 0.4) is 0 Å². The third-order valence-electron chi connectivity index (χ3n) is 4.12. The molecule has 1 N–H and O–H groups in total. The van der Waals surface area contributed by atoms with E-state index in [1.165, 1.54) is 38.9 Å². The van der Waals surface area contributed by atoms with Crippen molar-refractivity contribution in [3.05, 3.63) is 0 Å². The summed E-state index contributed by atoms with van der Waals surface area (Å²) >= 11 is 0. The van der Waals surface area contributed by atoms with E-state index in [0.29, 0.717) is 12.0 Å². The molecule has 108 valence electrons. The molecule has 0 aromatic rings. The Hall–Kier alpha value is -0.120. The standard InChI is InChI=1S/C15H32N2O/c1-5-8-17-9-6-15(7-10-17)14(3)16-11-13(2)12-18-4/h13-16H,5-12H2,1-4H3. The van der Waals surface area contributed by atoms with Gasteiger partial charge in [-0.25, -0.2) is 0 Å². The van der Waals surface area contributed by atoms with E-state index in [2.05, 4.69) is 31.0 Å². The fourth-order valence-corrected chi connectivity index (χ4v) is 2.89. The molecule has 0 aliphatic carbocycles. The lowest BCUT2D eigenvalue weighted by Crippen LogP contribution is -2.43. The van der Waals surface area contributed by atoms with Crippen LogP contribution in [0.1, 0.15) is 40.0 Å². The second kappa shape index (κ2) is 8.89. The van der Waals surface area contributed by atoms with Crippen LogP contribution in [0.25, 0.3) is 0 Å². The van der Waals surface area contributed by atoms with Crippen molar-refractivity contribution in [1.29, 1.82) is 0 Å². The van der Waals surface area contributed by atoms with Crippen molar-refractivity contribution in [1.82, 2.24) is 10.2 Å². The summed E-state index contributed by atoms with van der Waals surface area (Å²) in [5, 5.41) is 3.69. The fourth-order valence-electron chi connectivity index (χ4n) is 2.89. The van der Waals surface area contributed by atoms with Gasteiger partial charge in [0, 0.05) is 26.3 Å². The molecule has 3 nitrogen and oxygen atoms in total. The quantitative estimate of drug-likeness (QED) is 0.721. The van der Waals surface area contributed by atoms with Crippen molar-refractivity contribution in [2.24, 2.45) is 11.8 Å². The average molecular weight is 256 g/mol. The van der Waals surface area contributed by atoms with Gasteiger partial charge in [0.15, 0.2) is 0 Å². The molecule has 0 aromatic carbocycles. The molecule has 0 amide bonds. The molecular weight excluding hydrogens is 224 g/mol. The predicted octanol–water partition coefficient (Wildman–Crippen LogP) is 2.37. The van der Waals surface area contributed by atoms with Crippen LogP contribution in [0.2, 0.25) is 0 Å². The van der Waals surface area contributed by atoms with Gasteiger partial charge in [-0.2, -0.15) is 0 Å². The maximum atomic E-state index is 5.18. The molecule has 1 saturated heterocycles. The smallest absolute Gasteiger partial charge is 0.0499 e. The Kier molecular flexibility index (Phi) is 7.87. The fraction of sp³-hybridized carbons (Fsp3) is 1.00. The van der Waals surface area contributed by atoms with E-state index in [0.717, 1.165) is 19.1 Å². The van der Waals surface area contributed by atoms with Crippen LogP contribution < -0.4 is 5.32 Å². The van der Waals surface area contributed by atoms with Crippen LogP contribution in [0, 0.1) is 11.8 Å². The number of hydrogen-bond donors (Lipinski definition) is 1. The van der Waals surface area contributed by atoms with E-state index < -0.39 is 0 Å². The first-order valence-corrected chi connectivity index (χ1v) is 7.62. The number of ether oxygens (including phenoxy) is 1. The highest BCUT2D eigenvalue weighted by Crippen LogP contribution is 2.20. The molecule has 0 saturated carbocycles. The van der Waals surface area contributed by atoms with Crippen LogP contribution in [-0.4, -0.2) is 50.8 Å². The number of nitrogens with one attached hydrogen (secondary N) is 1. The lowest BCUT2D eigenvalue weighted by Gasteiger charge is -2.35. The largest absolute Gasteiger partial charge is 0.384 e. The molecule has 1 rings (SSSR count). The molecule has 0 radical (unpaired) electrons. The van der Waals surface area contributed by atoms with Crippen LogP contribution in [0.4, 0.5) is 0 Å². The number of hydrogen-bond acceptors (Lipinski definition) is 3. The predicted molar refractivity (Wildman–Crippen MR) is 78.0 cm³/mol. The van der Waals surface area contributed by atoms with Crippen molar-refractivity contribution in [3.63, 3.8) is 0 Å². The first kappa shape index (κ1) is 15.9. The third kappa shape index (κ3) is 5.68. The highest BCUT2D eigenvalue weighted by Gasteiger charge is 2.23. The van der Waals surface area contributed by atoms with Crippen LogP contribution in [0.15, 0.2) is 0 Å². The van der Waals surface area contributed by atoms with Gasteiger partial charge in [-0.3, -0.25) is 0 Å². The number of likely N-dealkylation sites (tertiary alicyclic amines) is 1. The molecule has 3 heteroatoms. The summed E-state index contributed by atoms with van der Waals surface area (Å²) < 4.78 is 5.18. The van der Waals surface area contributed by atoms with Gasteiger partial charge in [0.05, 0.1) is 0 Å². The molecule has 0 bridgehead atoms. The zero-order chi connectivity index (χ0) is 13.4. The maximum Gasteiger partial charge on any atom is 0.0499 e. The Balaban J connectivity index is 2.17. The molecule has 1 aliphatic rings. The Labute approximate surface area is 113 Å². The molecule has 1 heterocycles. The second-order valence-electron chi connectivity index (χ2n) is 5.94.